The third kappa shape index (κ3) is 10.6. The molecule has 0 aliphatic heterocycles. The lowest BCUT2D eigenvalue weighted by atomic mass is 10.1. The van der Waals surface area contributed by atoms with Crippen LogP contribution in [0.25, 0.3) is 6.08 Å². The molecule has 0 unspecified atom stereocenters. The monoisotopic (exact) mass is 401 g/mol. The number of likely N-dealkylation sites (N-methyl/N-ethyl adjacent to an activating group) is 1. The molecule has 1 aromatic heterocycles. The number of halogens is 1. The second kappa shape index (κ2) is 14.6. The summed E-state index contributed by atoms with van der Waals surface area (Å²) in [6, 6.07) is 1.95. The van der Waals surface area contributed by atoms with Gasteiger partial charge in [0, 0.05) is 39.2 Å². The first-order valence-electron chi connectivity index (χ1n) is 10.2. The van der Waals surface area contributed by atoms with Gasteiger partial charge in [-0.15, -0.1) is 0 Å². The van der Waals surface area contributed by atoms with Crippen LogP contribution in [-0.4, -0.2) is 43.9 Å². The predicted molar refractivity (Wildman–Crippen MR) is 122 cm³/mol. The van der Waals surface area contributed by atoms with Crippen molar-refractivity contribution < 1.29 is 9.13 Å². The van der Waals surface area contributed by atoms with Crippen LogP contribution in [0.2, 0.25) is 0 Å². The third-order valence-electron chi connectivity index (χ3n) is 4.43. The number of anilines is 1. The van der Waals surface area contributed by atoms with Crippen LogP contribution in [0.1, 0.15) is 43.9 Å². The highest BCUT2D eigenvalue weighted by Crippen LogP contribution is 2.15. The minimum atomic E-state index is -0.240. The van der Waals surface area contributed by atoms with E-state index in [9.17, 15) is 4.39 Å². The Bertz CT molecular complexity index is 708. The van der Waals surface area contributed by atoms with Crippen molar-refractivity contribution in [2.24, 2.45) is 0 Å². The van der Waals surface area contributed by atoms with E-state index in [2.05, 4.69) is 17.6 Å². The lowest BCUT2D eigenvalue weighted by Gasteiger charge is -2.12. The fourth-order valence-corrected chi connectivity index (χ4v) is 2.65. The number of aryl methyl sites for hydroxylation is 1. The average Bonchev–Trinajstić information content (AvgIpc) is 2.69. The third-order valence-corrected chi connectivity index (χ3v) is 4.43. The number of allylic oxidation sites excluding steroid dienone is 5. The maximum atomic E-state index is 12.0. The van der Waals surface area contributed by atoms with E-state index >= 15 is 0 Å². The Kier molecular flexibility index (Phi) is 12.4. The van der Waals surface area contributed by atoms with Gasteiger partial charge in [-0.25, -0.2) is 0 Å². The number of hydrogen-bond acceptors (Lipinski definition) is 4. The number of nitrogens with two attached hydrogens (primary N) is 1. The molecule has 29 heavy (non-hydrogen) atoms. The van der Waals surface area contributed by atoms with E-state index in [-0.39, 0.29) is 6.67 Å². The molecule has 160 valence electrons. The van der Waals surface area contributed by atoms with Gasteiger partial charge in [0.1, 0.15) is 0 Å². The van der Waals surface area contributed by atoms with E-state index in [0.29, 0.717) is 25.3 Å². The largest absolute Gasteiger partial charge is 0.397 e. The van der Waals surface area contributed by atoms with Crippen LogP contribution in [0.15, 0.2) is 54.4 Å². The second-order valence-electron chi connectivity index (χ2n) is 7.20. The Balaban J connectivity index is 2.49. The Morgan fingerprint density at radius 2 is 1.97 bits per heavy atom. The Morgan fingerprint density at radius 1 is 1.21 bits per heavy atom. The molecule has 1 heterocycles. The van der Waals surface area contributed by atoms with Crippen LogP contribution in [0.3, 0.4) is 0 Å². The van der Waals surface area contributed by atoms with Crippen molar-refractivity contribution in [2.75, 3.05) is 39.7 Å². The Labute approximate surface area is 175 Å². The molecule has 0 aliphatic carbocycles. The van der Waals surface area contributed by atoms with Crippen molar-refractivity contribution in [3.63, 3.8) is 0 Å². The van der Waals surface area contributed by atoms with Gasteiger partial charge in [-0.3, -0.25) is 9.37 Å². The summed E-state index contributed by atoms with van der Waals surface area (Å²) in [6.45, 7) is 6.99. The topological polar surface area (TPSA) is 51.4 Å². The summed E-state index contributed by atoms with van der Waals surface area (Å²) in [7, 11) is 3.98. The lowest BCUT2D eigenvalue weighted by molar-refractivity contribution is 0.127. The summed E-state index contributed by atoms with van der Waals surface area (Å²) in [5, 5.41) is 0. The normalized spacial score (nSPS) is 12.6. The summed E-state index contributed by atoms with van der Waals surface area (Å²) < 4.78 is 17.6. The number of ether oxygens (including phenoxy) is 1. The smallest absolute Gasteiger partial charge is 0.0894 e. The number of aromatic nitrogens is 1. The van der Waals surface area contributed by atoms with Gasteiger partial charge in [0.05, 0.1) is 18.1 Å². The summed E-state index contributed by atoms with van der Waals surface area (Å²) in [5.41, 5.74) is 10.9. The fraction of sp³-hybridized carbons (Fsp3) is 0.458. The van der Waals surface area contributed by atoms with E-state index in [1.165, 1.54) is 0 Å². The van der Waals surface area contributed by atoms with Crippen LogP contribution < -0.4 is 5.73 Å². The minimum absolute atomic E-state index is 0.240. The van der Waals surface area contributed by atoms with E-state index in [1.807, 2.05) is 62.5 Å². The summed E-state index contributed by atoms with van der Waals surface area (Å²) in [5.74, 6) is 0. The quantitative estimate of drug-likeness (QED) is 0.337. The Hall–Kier alpha value is -2.40. The van der Waals surface area contributed by atoms with Gasteiger partial charge in [0.15, 0.2) is 0 Å². The van der Waals surface area contributed by atoms with Crippen LogP contribution in [-0.2, 0) is 11.2 Å². The van der Waals surface area contributed by atoms with Gasteiger partial charge in [-0.2, -0.15) is 0 Å². The molecule has 0 amide bonds. The number of rotatable bonds is 14. The summed E-state index contributed by atoms with van der Waals surface area (Å²) in [6.07, 6.45) is 15.9. The molecule has 4 nitrogen and oxygen atoms in total. The highest BCUT2D eigenvalue weighted by atomic mass is 19.1. The summed E-state index contributed by atoms with van der Waals surface area (Å²) in [4.78, 5) is 6.52. The van der Waals surface area contributed by atoms with Crippen molar-refractivity contribution in [2.45, 2.75) is 39.0 Å². The molecule has 0 aromatic carbocycles. The van der Waals surface area contributed by atoms with Gasteiger partial charge in [0.2, 0.25) is 0 Å². The van der Waals surface area contributed by atoms with E-state index in [1.54, 1.807) is 0 Å². The zero-order valence-electron chi connectivity index (χ0n) is 18.2. The van der Waals surface area contributed by atoms with Gasteiger partial charge in [-0.05, 0) is 62.8 Å². The molecule has 0 saturated carbocycles. The maximum absolute atomic E-state index is 12.0. The Morgan fingerprint density at radius 3 is 2.62 bits per heavy atom. The molecule has 0 fully saturated rings. The van der Waals surface area contributed by atoms with Crippen molar-refractivity contribution >= 4 is 11.8 Å². The van der Waals surface area contributed by atoms with Crippen LogP contribution in [0.5, 0.6) is 0 Å². The lowest BCUT2D eigenvalue weighted by Crippen LogP contribution is -2.08. The van der Waals surface area contributed by atoms with E-state index in [0.717, 1.165) is 48.2 Å². The van der Waals surface area contributed by atoms with Crippen molar-refractivity contribution in [3.8, 4) is 0 Å². The fourth-order valence-electron chi connectivity index (χ4n) is 2.65. The standard InChI is InChI=1S/C24H36FN3O/c1-5-22(28(3)4)14-12-20(2)11-13-21-18-23(26)24(27-19-21)10-9-17-29-16-8-6-7-15-25/h5,11-14,18-19H,1,6-10,15-17,26H2,2-4H3/b13-11+,20-12+,22-14+. The molecule has 1 rings (SSSR count). The molecule has 0 saturated heterocycles. The second-order valence-corrected chi connectivity index (χ2v) is 7.20. The minimum Gasteiger partial charge on any atom is -0.397 e. The predicted octanol–water partition coefficient (Wildman–Crippen LogP) is 5.34. The first-order valence-corrected chi connectivity index (χ1v) is 10.2. The highest BCUT2D eigenvalue weighted by molar-refractivity contribution is 5.58. The molecule has 0 bridgehead atoms. The molecule has 0 radical (unpaired) electrons. The van der Waals surface area contributed by atoms with Gasteiger partial charge < -0.3 is 15.4 Å². The number of unbranched alkanes of at least 4 members (excludes halogenated alkanes) is 2. The molecule has 0 aliphatic rings. The summed E-state index contributed by atoms with van der Waals surface area (Å²) >= 11 is 0. The number of pyridine rings is 1. The van der Waals surface area contributed by atoms with Crippen molar-refractivity contribution in [3.05, 3.63) is 65.7 Å². The van der Waals surface area contributed by atoms with Crippen molar-refractivity contribution in [1.82, 2.24) is 9.88 Å². The molecular weight excluding hydrogens is 365 g/mol. The number of nitrogen functional groups attached to an aromatic ring is 1. The van der Waals surface area contributed by atoms with Crippen LogP contribution in [0, 0.1) is 0 Å². The zero-order valence-corrected chi connectivity index (χ0v) is 18.2. The average molecular weight is 402 g/mol. The SMILES string of the molecule is C=C\C(=C/C=C(C)/C=C/c1cnc(CCCOCCCCCF)c(N)c1)N(C)C. The maximum Gasteiger partial charge on any atom is 0.0894 e. The highest BCUT2D eigenvalue weighted by Gasteiger charge is 2.02. The van der Waals surface area contributed by atoms with Gasteiger partial charge in [0.25, 0.3) is 0 Å². The van der Waals surface area contributed by atoms with Crippen LogP contribution in [0.4, 0.5) is 10.1 Å². The van der Waals surface area contributed by atoms with Gasteiger partial charge in [-0.1, -0.05) is 30.4 Å². The van der Waals surface area contributed by atoms with Gasteiger partial charge >= 0.3 is 0 Å². The first-order chi connectivity index (χ1) is 14.0. The number of hydrogen-bond donors (Lipinski definition) is 1. The van der Waals surface area contributed by atoms with E-state index in [4.69, 9.17) is 10.5 Å². The molecule has 2 N–H and O–H groups in total. The first kappa shape index (κ1) is 24.6. The molecule has 0 atom stereocenters. The molecule has 5 heteroatoms. The number of alkyl halides is 1. The molecule has 0 spiro atoms. The molecule has 1 aromatic rings. The molecular formula is C24H36FN3O. The van der Waals surface area contributed by atoms with Crippen molar-refractivity contribution in [1.29, 1.82) is 0 Å². The van der Waals surface area contributed by atoms with E-state index < -0.39 is 0 Å². The zero-order chi connectivity index (χ0) is 21.5. The van der Waals surface area contributed by atoms with Crippen LogP contribution >= 0.6 is 0 Å². The number of nitrogens with zero attached hydrogens (tertiary/aromatic N) is 2.